The highest BCUT2D eigenvalue weighted by Gasteiger charge is 2.22. The minimum Gasteiger partial charge on any atom is -0.497 e. The summed E-state index contributed by atoms with van der Waals surface area (Å²) in [5, 5.41) is 7.83. The number of fused-ring (bicyclic) bond motifs is 3. The van der Waals surface area contributed by atoms with Crippen molar-refractivity contribution in [3.05, 3.63) is 46.6 Å². The third kappa shape index (κ3) is 4.15. The van der Waals surface area contributed by atoms with Crippen molar-refractivity contribution in [2.45, 2.75) is 64.6 Å². The second-order valence-corrected chi connectivity index (χ2v) is 8.75. The van der Waals surface area contributed by atoms with Gasteiger partial charge in [0, 0.05) is 17.8 Å². The van der Waals surface area contributed by atoms with Crippen LogP contribution in [0.15, 0.2) is 33.8 Å². The van der Waals surface area contributed by atoms with Crippen molar-refractivity contribution in [1.82, 2.24) is 29.6 Å². The van der Waals surface area contributed by atoms with Crippen molar-refractivity contribution in [1.29, 1.82) is 0 Å². The number of hydrogen-bond donors (Lipinski definition) is 1. The third-order valence-electron chi connectivity index (χ3n) is 6.34. The quantitative estimate of drug-likeness (QED) is 0.426. The lowest BCUT2D eigenvalue weighted by Gasteiger charge is -2.13. The fraction of sp³-hybridized carbons (Fsp3) is 0.458. The second kappa shape index (κ2) is 9.28. The van der Waals surface area contributed by atoms with Crippen LogP contribution in [0.2, 0.25) is 0 Å². The number of benzene rings is 1. The molecule has 178 valence electrons. The zero-order valence-corrected chi connectivity index (χ0v) is 19.4. The average Bonchev–Trinajstić information content (AvgIpc) is 3.56. The molecule has 1 N–H and O–H groups in total. The topological polar surface area (TPSA) is 117 Å². The van der Waals surface area contributed by atoms with Crippen molar-refractivity contribution in [3.8, 4) is 5.75 Å². The first-order chi connectivity index (χ1) is 16.6. The fourth-order valence-corrected chi connectivity index (χ4v) is 4.70. The Morgan fingerprint density at radius 1 is 1.29 bits per heavy atom. The van der Waals surface area contributed by atoms with Crippen molar-refractivity contribution < 1.29 is 14.1 Å². The highest BCUT2D eigenvalue weighted by atomic mass is 16.5. The normalized spacial score (nSPS) is 14.3. The van der Waals surface area contributed by atoms with E-state index in [-0.39, 0.29) is 30.6 Å². The molecule has 34 heavy (non-hydrogen) atoms. The number of aryl methyl sites for hydroxylation is 1. The molecule has 0 atom stereocenters. The average molecular weight is 465 g/mol. The Bertz CT molecular complexity index is 1400. The van der Waals surface area contributed by atoms with Gasteiger partial charge in [0.05, 0.1) is 19.0 Å². The van der Waals surface area contributed by atoms with E-state index in [2.05, 4.69) is 20.4 Å². The van der Waals surface area contributed by atoms with Crippen LogP contribution in [-0.4, -0.2) is 43.3 Å². The smallest absolute Gasteiger partial charge is 0.278 e. The van der Waals surface area contributed by atoms with E-state index in [0.717, 1.165) is 43.0 Å². The maximum absolute atomic E-state index is 13.6. The molecule has 1 aliphatic carbocycles. The van der Waals surface area contributed by atoms with E-state index in [9.17, 15) is 9.59 Å². The predicted octanol–water partition coefficient (Wildman–Crippen LogP) is 2.80. The summed E-state index contributed by atoms with van der Waals surface area (Å²) in [4.78, 5) is 35.4. The Labute approximate surface area is 195 Å². The van der Waals surface area contributed by atoms with Crippen LogP contribution >= 0.6 is 0 Å². The molecule has 5 rings (SSSR count). The molecular formula is C24H28N6O4. The summed E-state index contributed by atoms with van der Waals surface area (Å²) >= 11 is 0. The zero-order valence-electron chi connectivity index (χ0n) is 19.4. The Hall–Kier alpha value is -3.69. The van der Waals surface area contributed by atoms with Crippen molar-refractivity contribution in [2.75, 3.05) is 7.11 Å². The molecule has 1 saturated carbocycles. The molecule has 0 aliphatic heterocycles. The van der Waals surface area contributed by atoms with Gasteiger partial charge in [-0.3, -0.25) is 14.2 Å². The molecule has 10 nitrogen and oxygen atoms in total. The molecule has 3 aromatic heterocycles. The van der Waals surface area contributed by atoms with Crippen LogP contribution in [0.3, 0.4) is 0 Å². The molecule has 4 aromatic rings. The number of ether oxygens (including phenoxy) is 1. The van der Waals surface area contributed by atoms with Gasteiger partial charge in [0.15, 0.2) is 5.82 Å². The molecule has 0 radical (unpaired) electrons. The summed E-state index contributed by atoms with van der Waals surface area (Å²) in [5.74, 6) is 1.50. The van der Waals surface area contributed by atoms with Crippen LogP contribution < -0.4 is 15.6 Å². The molecule has 10 heteroatoms. The van der Waals surface area contributed by atoms with Crippen LogP contribution in [0.4, 0.5) is 0 Å². The number of nitrogens with zero attached hydrogens (tertiary/aromatic N) is 5. The Balaban J connectivity index is 1.57. The molecule has 1 amide bonds. The highest BCUT2D eigenvalue weighted by Crippen LogP contribution is 2.29. The number of hydrogen-bond acceptors (Lipinski definition) is 7. The highest BCUT2D eigenvalue weighted by molar-refractivity contribution is 6.06. The molecule has 0 bridgehead atoms. The number of amides is 1. The lowest BCUT2D eigenvalue weighted by atomic mass is 10.2. The minimum atomic E-state index is -0.274. The van der Waals surface area contributed by atoms with Crippen LogP contribution in [0.5, 0.6) is 5.75 Å². The van der Waals surface area contributed by atoms with E-state index < -0.39 is 0 Å². The molecule has 0 unspecified atom stereocenters. The summed E-state index contributed by atoms with van der Waals surface area (Å²) in [7, 11) is 1.59. The van der Waals surface area contributed by atoms with E-state index in [1.165, 1.54) is 10.9 Å². The first-order valence-electron chi connectivity index (χ1n) is 11.7. The third-order valence-corrected chi connectivity index (χ3v) is 6.34. The van der Waals surface area contributed by atoms with Gasteiger partial charge in [0.25, 0.3) is 5.56 Å². The van der Waals surface area contributed by atoms with Crippen molar-refractivity contribution >= 4 is 27.8 Å². The van der Waals surface area contributed by atoms with Gasteiger partial charge in [0.2, 0.25) is 11.8 Å². The SMILES string of the molecule is CCCc1noc(Cn2cnc3c4cc(OC)ccc4n(CC(=O)NC4CCCC4)c3c2=O)n1. The maximum atomic E-state index is 13.6. The number of aromatic nitrogens is 5. The fourth-order valence-electron chi connectivity index (χ4n) is 4.70. The van der Waals surface area contributed by atoms with Crippen molar-refractivity contribution in [3.63, 3.8) is 0 Å². The van der Waals surface area contributed by atoms with Gasteiger partial charge in [-0.05, 0) is 37.5 Å². The van der Waals surface area contributed by atoms with Gasteiger partial charge < -0.3 is 19.1 Å². The van der Waals surface area contributed by atoms with E-state index in [0.29, 0.717) is 34.9 Å². The largest absolute Gasteiger partial charge is 0.497 e. The van der Waals surface area contributed by atoms with Gasteiger partial charge in [-0.2, -0.15) is 4.98 Å². The van der Waals surface area contributed by atoms with Gasteiger partial charge in [-0.15, -0.1) is 0 Å². The van der Waals surface area contributed by atoms with Gasteiger partial charge in [-0.25, -0.2) is 4.98 Å². The van der Waals surface area contributed by atoms with E-state index in [1.807, 2.05) is 25.1 Å². The Morgan fingerprint density at radius 2 is 2.12 bits per heavy atom. The minimum absolute atomic E-state index is 0.0327. The Morgan fingerprint density at radius 3 is 2.88 bits per heavy atom. The summed E-state index contributed by atoms with van der Waals surface area (Å²) in [6.45, 7) is 2.18. The van der Waals surface area contributed by atoms with Crippen LogP contribution in [-0.2, 0) is 24.3 Å². The monoisotopic (exact) mass is 464 g/mol. The van der Waals surface area contributed by atoms with Crippen LogP contribution in [0, 0.1) is 0 Å². The zero-order chi connectivity index (χ0) is 23.7. The van der Waals surface area contributed by atoms with Crippen LogP contribution in [0.25, 0.3) is 21.9 Å². The first-order valence-corrected chi connectivity index (χ1v) is 11.7. The number of nitrogens with one attached hydrogen (secondary N) is 1. The van der Waals surface area contributed by atoms with Gasteiger partial charge in [-0.1, -0.05) is 24.9 Å². The number of methoxy groups -OCH3 is 1. The summed E-state index contributed by atoms with van der Waals surface area (Å²) in [5.41, 5.74) is 1.37. The molecule has 0 spiro atoms. The summed E-state index contributed by atoms with van der Waals surface area (Å²) in [6, 6.07) is 5.72. The number of carbonyl (C=O) groups excluding carboxylic acids is 1. The predicted molar refractivity (Wildman–Crippen MR) is 126 cm³/mol. The number of carbonyl (C=O) groups is 1. The Kier molecular flexibility index (Phi) is 6.04. The van der Waals surface area contributed by atoms with E-state index in [4.69, 9.17) is 9.26 Å². The molecule has 0 saturated heterocycles. The molecule has 1 aliphatic rings. The van der Waals surface area contributed by atoms with Gasteiger partial charge >= 0.3 is 0 Å². The van der Waals surface area contributed by atoms with E-state index >= 15 is 0 Å². The molecular weight excluding hydrogens is 436 g/mol. The lowest BCUT2D eigenvalue weighted by Crippen LogP contribution is -2.35. The maximum Gasteiger partial charge on any atom is 0.278 e. The summed E-state index contributed by atoms with van der Waals surface area (Å²) in [6.07, 6.45) is 7.34. The van der Waals surface area contributed by atoms with E-state index in [1.54, 1.807) is 11.7 Å². The van der Waals surface area contributed by atoms with Crippen LogP contribution in [0.1, 0.15) is 50.7 Å². The molecule has 3 heterocycles. The standard InChI is InChI=1S/C24H28N6O4/c1-3-6-19-27-21(34-28-19)13-29-14-25-22-17-11-16(33-2)9-10-18(17)30(23(22)24(29)32)12-20(31)26-15-7-4-5-8-15/h9-11,14-15H,3-8,12-13H2,1-2H3,(H,26,31). The first kappa shape index (κ1) is 22.1. The summed E-state index contributed by atoms with van der Waals surface area (Å²) < 4.78 is 13.9. The second-order valence-electron chi connectivity index (χ2n) is 8.75. The molecule has 1 aromatic carbocycles. The van der Waals surface area contributed by atoms with Crippen molar-refractivity contribution in [2.24, 2.45) is 0 Å². The number of rotatable bonds is 8. The van der Waals surface area contributed by atoms with Gasteiger partial charge in [0.1, 0.15) is 29.9 Å². The molecule has 1 fully saturated rings. The lowest BCUT2D eigenvalue weighted by molar-refractivity contribution is -0.122.